The third kappa shape index (κ3) is 2.56. The first kappa shape index (κ1) is 14.6. The van der Waals surface area contributed by atoms with Gasteiger partial charge in [0.15, 0.2) is 11.3 Å². The molecule has 0 aromatic carbocycles. The Hall–Kier alpha value is -2.37. The van der Waals surface area contributed by atoms with Crippen LogP contribution in [-0.4, -0.2) is 40.0 Å². The molecule has 2 unspecified atom stereocenters. The van der Waals surface area contributed by atoms with Gasteiger partial charge in [-0.1, -0.05) is 6.92 Å². The zero-order chi connectivity index (χ0) is 15.9. The number of aliphatic carboxylic acids is 1. The van der Waals surface area contributed by atoms with E-state index in [1.165, 1.54) is 0 Å². The summed E-state index contributed by atoms with van der Waals surface area (Å²) in [6.45, 7) is 4.61. The maximum absolute atomic E-state index is 12.5. The van der Waals surface area contributed by atoms with Crippen molar-refractivity contribution in [3.05, 3.63) is 29.7 Å². The van der Waals surface area contributed by atoms with Crippen molar-refractivity contribution in [3.8, 4) is 0 Å². The van der Waals surface area contributed by atoms with Crippen LogP contribution in [0.25, 0.3) is 11.1 Å². The van der Waals surface area contributed by atoms with E-state index in [0.717, 1.165) is 5.69 Å². The van der Waals surface area contributed by atoms with Gasteiger partial charge in [0.2, 0.25) is 0 Å². The van der Waals surface area contributed by atoms with Crippen LogP contribution in [0.1, 0.15) is 29.6 Å². The third-order valence-electron chi connectivity index (χ3n) is 4.23. The van der Waals surface area contributed by atoms with E-state index < -0.39 is 5.97 Å². The Morgan fingerprint density at radius 1 is 1.41 bits per heavy atom. The fourth-order valence-electron chi connectivity index (χ4n) is 2.98. The highest BCUT2D eigenvalue weighted by molar-refractivity contribution is 5.95. The summed E-state index contributed by atoms with van der Waals surface area (Å²) in [5.74, 6) is -1.19. The van der Waals surface area contributed by atoms with Gasteiger partial charge in [-0.15, -0.1) is 0 Å². The zero-order valence-corrected chi connectivity index (χ0v) is 12.6. The molecule has 3 heterocycles. The van der Waals surface area contributed by atoms with Crippen molar-refractivity contribution in [2.45, 2.75) is 20.3 Å². The summed E-state index contributed by atoms with van der Waals surface area (Å²) in [6, 6.07) is 5.28. The fraction of sp³-hybridized carbons (Fsp3) is 0.438. The molecule has 0 saturated carbocycles. The minimum atomic E-state index is -0.789. The van der Waals surface area contributed by atoms with Crippen LogP contribution in [0.5, 0.6) is 0 Å². The van der Waals surface area contributed by atoms with E-state index in [2.05, 4.69) is 4.98 Å². The predicted molar refractivity (Wildman–Crippen MR) is 79.6 cm³/mol. The van der Waals surface area contributed by atoms with Crippen molar-refractivity contribution >= 4 is 23.0 Å². The molecule has 0 bridgehead atoms. The van der Waals surface area contributed by atoms with Gasteiger partial charge in [-0.25, -0.2) is 4.98 Å². The minimum Gasteiger partial charge on any atom is -0.481 e. The summed E-state index contributed by atoms with van der Waals surface area (Å²) in [6.07, 6.45) is 0.472. The number of carboxylic acids is 1. The Labute approximate surface area is 127 Å². The van der Waals surface area contributed by atoms with Crippen LogP contribution in [-0.2, 0) is 4.79 Å². The number of carboxylic acid groups (broad SMARTS) is 1. The number of nitrogens with zero attached hydrogens (tertiary/aromatic N) is 2. The topological polar surface area (TPSA) is 83.6 Å². The largest absolute Gasteiger partial charge is 0.481 e. The van der Waals surface area contributed by atoms with Crippen molar-refractivity contribution < 1.29 is 19.1 Å². The number of hydrogen-bond acceptors (Lipinski definition) is 4. The predicted octanol–water partition coefficient (Wildman–Crippen LogP) is 2.32. The van der Waals surface area contributed by atoms with Gasteiger partial charge in [0.05, 0.1) is 5.92 Å². The highest BCUT2D eigenvalue weighted by Gasteiger charge is 2.34. The fourth-order valence-corrected chi connectivity index (χ4v) is 2.98. The highest BCUT2D eigenvalue weighted by Crippen LogP contribution is 2.26. The molecule has 1 N–H and O–H groups in total. The summed E-state index contributed by atoms with van der Waals surface area (Å²) in [4.78, 5) is 29.7. The molecule has 6 nitrogen and oxygen atoms in total. The van der Waals surface area contributed by atoms with Crippen LogP contribution < -0.4 is 0 Å². The Kier molecular flexibility index (Phi) is 3.60. The molecule has 0 aliphatic carbocycles. The summed E-state index contributed by atoms with van der Waals surface area (Å²) < 4.78 is 5.58. The number of aryl methyl sites for hydroxylation is 1. The summed E-state index contributed by atoms with van der Waals surface area (Å²) >= 11 is 0. The molecule has 1 saturated heterocycles. The quantitative estimate of drug-likeness (QED) is 0.920. The van der Waals surface area contributed by atoms with Gasteiger partial charge in [-0.3, -0.25) is 9.59 Å². The Morgan fingerprint density at radius 2 is 2.18 bits per heavy atom. The van der Waals surface area contributed by atoms with Crippen molar-refractivity contribution in [1.29, 1.82) is 0 Å². The molecule has 0 spiro atoms. The summed E-state index contributed by atoms with van der Waals surface area (Å²) in [5.41, 5.74) is 2.11. The number of hydrogen-bond donors (Lipinski definition) is 1. The first-order valence-corrected chi connectivity index (χ1v) is 7.35. The first-order valence-electron chi connectivity index (χ1n) is 7.35. The Bertz CT molecular complexity index is 737. The third-order valence-corrected chi connectivity index (χ3v) is 4.23. The number of pyridine rings is 1. The van der Waals surface area contributed by atoms with Gasteiger partial charge in [0.1, 0.15) is 5.52 Å². The monoisotopic (exact) mass is 302 g/mol. The normalized spacial score (nSPS) is 22.0. The van der Waals surface area contributed by atoms with Crippen molar-refractivity contribution in [2.75, 3.05) is 13.1 Å². The number of aromatic nitrogens is 1. The van der Waals surface area contributed by atoms with Crippen LogP contribution in [0.2, 0.25) is 0 Å². The van der Waals surface area contributed by atoms with E-state index in [1.54, 1.807) is 17.0 Å². The number of carbonyl (C=O) groups excluding carboxylic acids is 1. The second-order valence-electron chi connectivity index (χ2n) is 5.91. The maximum atomic E-state index is 12.5. The lowest BCUT2D eigenvalue weighted by atomic mass is 9.87. The lowest BCUT2D eigenvalue weighted by Gasteiger charge is -2.34. The van der Waals surface area contributed by atoms with Crippen LogP contribution >= 0.6 is 0 Å². The average Bonchev–Trinajstić information content (AvgIpc) is 2.88. The van der Waals surface area contributed by atoms with Gasteiger partial charge in [0.25, 0.3) is 5.91 Å². The number of piperidine rings is 1. The molecule has 116 valence electrons. The minimum absolute atomic E-state index is 0.0695. The van der Waals surface area contributed by atoms with Gasteiger partial charge in [-0.2, -0.15) is 0 Å². The lowest BCUT2D eigenvalue weighted by Crippen LogP contribution is -2.44. The van der Waals surface area contributed by atoms with Gasteiger partial charge in [0, 0.05) is 24.8 Å². The second kappa shape index (κ2) is 5.44. The summed E-state index contributed by atoms with van der Waals surface area (Å²) in [7, 11) is 0. The molecule has 1 fully saturated rings. The molecule has 22 heavy (non-hydrogen) atoms. The van der Waals surface area contributed by atoms with Crippen LogP contribution in [0, 0.1) is 18.8 Å². The SMILES string of the molecule is Cc1ccc2oc(C(=O)N3CCC(C(=O)O)C(C)C3)cc2n1. The molecular weight excluding hydrogens is 284 g/mol. The Balaban J connectivity index is 1.80. The molecule has 2 aromatic rings. The number of furan rings is 1. The molecule has 1 amide bonds. The van der Waals surface area contributed by atoms with Crippen molar-refractivity contribution in [3.63, 3.8) is 0 Å². The molecular formula is C16H18N2O4. The van der Waals surface area contributed by atoms with E-state index in [0.29, 0.717) is 30.6 Å². The number of rotatable bonds is 2. The maximum Gasteiger partial charge on any atom is 0.306 e. The van der Waals surface area contributed by atoms with Gasteiger partial charge < -0.3 is 14.4 Å². The molecule has 1 aliphatic heterocycles. The molecule has 2 atom stereocenters. The first-order chi connectivity index (χ1) is 10.5. The van der Waals surface area contributed by atoms with E-state index in [4.69, 9.17) is 9.52 Å². The number of likely N-dealkylation sites (tertiary alicyclic amines) is 1. The molecule has 6 heteroatoms. The standard InChI is InChI=1S/C16H18N2O4/c1-9-8-18(6-5-11(9)16(20)21)15(19)14-7-12-13(22-14)4-3-10(2)17-12/h3-4,7,9,11H,5-6,8H2,1-2H3,(H,20,21). The van der Waals surface area contributed by atoms with Crippen molar-refractivity contribution in [1.82, 2.24) is 9.88 Å². The average molecular weight is 302 g/mol. The van der Waals surface area contributed by atoms with E-state index >= 15 is 0 Å². The molecule has 2 aromatic heterocycles. The van der Waals surface area contributed by atoms with Gasteiger partial charge in [-0.05, 0) is 31.4 Å². The van der Waals surface area contributed by atoms with Crippen LogP contribution in [0.15, 0.2) is 22.6 Å². The highest BCUT2D eigenvalue weighted by atomic mass is 16.4. The smallest absolute Gasteiger partial charge is 0.306 e. The molecule has 1 aliphatic rings. The van der Waals surface area contributed by atoms with E-state index in [-0.39, 0.29) is 23.5 Å². The van der Waals surface area contributed by atoms with Crippen molar-refractivity contribution in [2.24, 2.45) is 11.8 Å². The summed E-state index contributed by atoms with van der Waals surface area (Å²) in [5, 5.41) is 9.14. The number of fused-ring (bicyclic) bond motifs is 1. The van der Waals surface area contributed by atoms with Crippen LogP contribution in [0.4, 0.5) is 0 Å². The van der Waals surface area contributed by atoms with Crippen LogP contribution in [0.3, 0.4) is 0 Å². The second-order valence-corrected chi connectivity index (χ2v) is 5.91. The van der Waals surface area contributed by atoms with E-state index in [9.17, 15) is 9.59 Å². The molecule has 0 radical (unpaired) electrons. The lowest BCUT2D eigenvalue weighted by molar-refractivity contribution is -0.145. The van der Waals surface area contributed by atoms with E-state index in [1.807, 2.05) is 19.9 Å². The zero-order valence-electron chi connectivity index (χ0n) is 12.6. The van der Waals surface area contributed by atoms with Gasteiger partial charge >= 0.3 is 5.97 Å². The Morgan fingerprint density at radius 3 is 2.86 bits per heavy atom. The molecule has 3 rings (SSSR count). The number of amides is 1. The number of carbonyl (C=O) groups is 2.